The van der Waals surface area contributed by atoms with Gasteiger partial charge in [0.1, 0.15) is 11.5 Å². The van der Waals surface area contributed by atoms with E-state index >= 15 is 0 Å². The summed E-state index contributed by atoms with van der Waals surface area (Å²) in [4.78, 5) is 47.1. The topological polar surface area (TPSA) is 124 Å². The van der Waals surface area contributed by atoms with E-state index in [1.54, 1.807) is 0 Å². The Balaban J connectivity index is 1.42. The molecule has 0 saturated carbocycles. The van der Waals surface area contributed by atoms with Crippen molar-refractivity contribution in [3.8, 4) is 23.0 Å². The van der Waals surface area contributed by atoms with Crippen LogP contribution in [0.5, 0.6) is 23.0 Å². The highest BCUT2D eigenvalue weighted by Gasteiger charge is 2.21. The van der Waals surface area contributed by atoms with Crippen LogP contribution in [0.1, 0.15) is 59.2 Å². The van der Waals surface area contributed by atoms with Gasteiger partial charge in [-0.15, -0.1) is 0 Å². The molecular weight excluding hydrogens is 630 g/mol. The van der Waals surface area contributed by atoms with Crippen molar-refractivity contribution in [2.45, 2.75) is 38.5 Å². The standard InChI is InChI=1S/C36H36F2O10/c1-3-31(39)45-23-9-5-7-21-43-27-15-11-25(12-16-27)35(41)47-29-19-20-30(34(38)33(29)37)48-36(42)26-13-17-28(18-14-26)44-22-8-6-10-24-46-32(40)4-2/h3-4,11-20H,1-2,5-10,21-24H2. The zero-order valence-corrected chi connectivity index (χ0v) is 26.3. The summed E-state index contributed by atoms with van der Waals surface area (Å²) in [7, 11) is 0. The fourth-order valence-corrected chi connectivity index (χ4v) is 3.97. The highest BCUT2D eigenvalue weighted by molar-refractivity contribution is 5.92. The maximum absolute atomic E-state index is 14.7. The minimum absolute atomic E-state index is 0.0701. The van der Waals surface area contributed by atoms with Gasteiger partial charge in [-0.1, -0.05) is 13.2 Å². The van der Waals surface area contributed by atoms with Gasteiger partial charge in [-0.2, -0.15) is 8.78 Å². The van der Waals surface area contributed by atoms with Gasteiger partial charge in [-0.25, -0.2) is 19.2 Å². The van der Waals surface area contributed by atoms with Crippen LogP contribution in [0.25, 0.3) is 0 Å². The van der Waals surface area contributed by atoms with Crippen molar-refractivity contribution in [1.29, 1.82) is 0 Å². The molecule has 0 heterocycles. The molecule has 0 aliphatic carbocycles. The number of ether oxygens (including phenoxy) is 6. The van der Waals surface area contributed by atoms with E-state index < -0.39 is 47.0 Å². The Kier molecular flexibility index (Phi) is 15.3. The van der Waals surface area contributed by atoms with Crippen molar-refractivity contribution < 1.29 is 56.4 Å². The molecule has 10 nitrogen and oxygen atoms in total. The van der Waals surface area contributed by atoms with Crippen LogP contribution in [0.4, 0.5) is 8.78 Å². The Morgan fingerprint density at radius 3 is 1.23 bits per heavy atom. The van der Waals surface area contributed by atoms with Gasteiger partial charge in [-0.05, 0) is 99.2 Å². The summed E-state index contributed by atoms with van der Waals surface area (Å²) in [6, 6.07) is 13.8. The van der Waals surface area contributed by atoms with Crippen molar-refractivity contribution in [2.24, 2.45) is 0 Å². The molecule has 0 radical (unpaired) electrons. The summed E-state index contributed by atoms with van der Waals surface area (Å²) < 4.78 is 60.6. The molecule has 0 bridgehead atoms. The Morgan fingerprint density at radius 1 is 0.521 bits per heavy atom. The van der Waals surface area contributed by atoms with Crippen LogP contribution in [-0.4, -0.2) is 50.3 Å². The lowest BCUT2D eigenvalue weighted by Gasteiger charge is -2.11. The molecule has 3 rings (SSSR count). The molecule has 254 valence electrons. The van der Waals surface area contributed by atoms with Crippen molar-refractivity contribution in [2.75, 3.05) is 26.4 Å². The summed E-state index contributed by atoms with van der Waals surface area (Å²) in [6.07, 6.45) is 6.56. The lowest BCUT2D eigenvalue weighted by atomic mass is 10.2. The van der Waals surface area contributed by atoms with Crippen LogP contribution in [0.3, 0.4) is 0 Å². The number of rotatable bonds is 20. The molecule has 3 aromatic rings. The lowest BCUT2D eigenvalue weighted by Crippen LogP contribution is -2.12. The van der Waals surface area contributed by atoms with E-state index in [0.29, 0.717) is 63.6 Å². The van der Waals surface area contributed by atoms with Gasteiger partial charge < -0.3 is 28.4 Å². The van der Waals surface area contributed by atoms with Crippen molar-refractivity contribution >= 4 is 23.9 Å². The molecule has 0 aliphatic heterocycles. The van der Waals surface area contributed by atoms with E-state index in [2.05, 4.69) is 13.2 Å². The third-order valence-corrected chi connectivity index (χ3v) is 6.53. The molecule has 0 aliphatic rings. The van der Waals surface area contributed by atoms with E-state index in [1.165, 1.54) is 48.5 Å². The number of unbranched alkanes of at least 4 members (excludes halogenated alkanes) is 4. The molecular formula is C36H36F2O10. The predicted octanol–water partition coefficient (Wildman–Crippen LogP) is 6.96. The Morgan fingerprint density at radius 2 is 0.875 bits per heavy atom. The maximum atomic E-state index is 14.7. The third-order valence-electron chi connectivity index (χ3n) is 6.53. The molecule has 48 heavy (non-hydrogen) atoms. The van der Waals surface area contributed by atoms with Gasteiger partial charge in [0.15, 0.2) is 11.5 Å². The smallest absolute Gasteiger partial charge is 0.343 e. The Labute approximate surface area is 276 Å². The summed E-state index contributed by atoms with van der Waals surface area (Å²) in [6.45, 7) is 8.06. The van der Waals surface area contributed by atoms with Gasteiger partial charge in [0, 0.05) is 12.2 Å². The zero-order valence-electron chi connectivity index (χ0n) is 26.3. The molecule has 3 aromatic carbocycles. The highest BCUT2D eigenvalue weighted by atomic mass is 19.2. The van der Waals surface area contributed by atoms with E-state index in [9.17, 15) is 28.0 Å². The summed E-state index contributed by atoms with van der Waals surface area (Å²) in [5.41, 5.74) is 0.140. The number of hydrogen-bond acceptors (Lipinski definition) is 10. The molecule has 0 spiro atoms. The number of hydrogen-bond donors (Lipinski definition) is 0. The number of esters is 4. The molecule has 0 fully saturated rings. The van der Waals surface area contributed by atoms with Gasteiger partial charge >= 0.3 is 23.9 Å². The minimum Gasteiger partial charge on any atom is -0.494 e. The van der Waals surface area contributed by atoms with Crippen molar-refractivity contribution in [3.63, 3.8) is 0 Å². The average Bonchev–Trinajstić information content (AvgIpc) is 3.10. The summed E-state index contributed by atoms with van der Waals surface area (Å²) in [5.74, 6) is -6.19. The molecule has 0 aromatic heterocycles. The first-order valence-electron chi connectivity index (χ1n) is 15.2. The van der Waals surface area contributed by atoms with Crippen LogP contribution in [0.15, 0.2) is 86.0 Å². The first kappa shape index (κ1) is 36.9. The van der Waals surface area contributed by atoms with E-state index in [4.69, 9.17) is 28.4 Å². The molecule has 12 heteroatoms. The van der Waals surface area contributed by atoms with Crippen molar-refractivity contribution in [3.05, 3.63) is 109 Å². The quantitative estimate of drug-likeness (QED) is 0.0541. The van der Waals surface area contributed by atoms with E-state index in [-0.39, 0.29) is 11.1 Å². The van der Waals surface area contributed by atoms with E-state index in [1.807, 2.05) is 0 Å². The molecule has 0 N–H and O–H groups in total. The third kappa shape index (κ3) is 12.3. The molecule has 0 unspecified atom stereocenters. The van der Waals surface area contributed by atoms with Crippen LogP contribution in [0, 0.1) is 11.6 Å². The van der Waals surface area contributed by atoms with Gasteiger partial charge in [0.05, 0.1) is 37.6 Å². The average molecular weight is 667 g/mol. The van der Waals surface area contributed by atoms with Crippen LogP contribution < -0.4 is 18.9 Å². The molecule has 0 amide bonds. The fraction of sp³-hybridized carbons (Fsp3) is 0.278. The maximum Gasteiger partial charge on any atom is 0.343 e. The first-order chi connectivity index (χ1) is 23.2. The summed E-state index contributed by atoms with van der Waals surface area (Å²) >= 11 is 0. The number of benzene rings is 3. The van der Waals surface area contributed by atoms with Gasteiger partial charge in [0.2, 0.25) is 11.6 Å². The minimum atomic E-state index is -1.50. The summed E-state index contributed by atoms with van der Waals surface area (Å²) in [5, 5.41) is 0. The lowest BCUT2D eigenvalue weighted by molar-refractivity contribution is -0.138. The Bertz CT molecular complexity index is 1440. The van der Waals surface area contributed by atoms with Crippen LogP contribution >= 0.6 is 0 Å². The van der Waals surface area contributed by atoms with Crippen molar-refractivity contribution in [1.82, 2.24) is 0 Å². The SMILES string of the molecule is C=CC(=O)OCCCCCOc1ccc(C(=O)Oc2ccc(OC(=O)c3ccc(OCCCCCOC(=O)C=C)cc3)c(F)c2F)cc1. The fourth-order valence-electron chi connectivity index (χ4n) is 3.97. The monoisotopic (exact) mass is 666 g/mol. The predicted molar refractivity (Wildman–Crippen MR) is 170 cm³/mol. The number of carbonyl (C=O) groups is 4. The second-order valence-electron chi connectivity index (χ2n) is 10.1. The number of halogens is 2. The molecule has 0 atom stereocenters. The van der Waals surface area contributed by atoms with Gasteiger partial charge in [-0.3, -0.25) is 0 Å². The van der Waals surface area contributed by atoms with E-state index in [0.717, 1.165) is 37.1 Å². The second-order valence-corrected chi connectivity index (χ2v) is 10.1. The van der Waals surface area contributed by atoms with Crippen LogP contribution in [0.2, 0.25) is 0 Å². The number of carbonyl (C=O) groups excluding carboxylic acids is 4. The largest absolute Gasteiger partial charge is 0.494 e. The van der Waals surface area contributed by atoms with Gasteiger partial charge in [0.25, 0.3) is 0 Å². The molecule has 0 saturated heterocycles. The van der Waals surface area contributed by atoms with Crippen LogP contribution in [-0.2, 0) is 19.1 Å². The highest BCUT2D eigenvalue weighted by Crippen LogP contribution is 2.29. The Hall–Kier alpha value is -5.52. The normalized spacial score (nSPS) is 10.4. The second kappa shape index (κ2) is 19.9. The first-order valence-corrected chi connectivity index (χ1v) is 15.2. The zero-order chi connectivity index (χ0) is 34.7.